The van der Waals surface area contributed by atoms with Crippen LogP contribution in [0, 0.1) is 0 Å². The first kappa shape index (κ1) is 19.8. The molecule has 0 amide bonds. The highest BCUT2D eigenvalue weighted by Gasteiger charge is 2.74. The molecule has 4 N–H and O–H groups in total. The van der Waals surface area contributed by atoms with Crippen LogP contribution in [0.15, 0.2) is 0 Å². The van der Waals surface area contributed by atoms with Gasteiger partial charge < -0.3 is 29.9 Å². The van der Waals surface area contributed by atoms with E-state index in [-0.39, 0.29) is 32.3 Å². The normalized spacial score (nSPS) is 46.0. The molecule has 6 nitrogen and oxygen atoms in total. The van der Waals surface area contributed by atoms with E-state index in [1.54, 1.807) is 27.7 Å². The molecule has 1 rings (SSSR count). The molecule has 0 aromatic carbocycles. The molecule has 0 aromatic heterocycles. The Morgan fingerprint density at radius 2 is 1.36 bits per heavy atom. The fourth-order valence-electron chi connectivity index (χ4n) is 3.84. The monoisotopic (exact) mass is 320 g/mol. The van der Waals surface area contributed by atoms with Crippen LogP contribution in [-0.4, -0.2) is 62.3 Å². The van der Waals surface area contributed by atoms with Crippen LogP contribution in [-0.2, 0) is 9.47 Å². The molecule has 0 bridgehead atoms. The number of ether oxygens (including phenoxy) is 2. The van der Waals surface area contributed by atoms with Gasteiger partial charge in [0.05, 0.1) is 6.61 Å². The lowest BCUT2D eigenvalue weighted by Crippen LogP contribution is -2.83. The molecule has 1 heterocycles. The van der Waals surface area contributed by atoms with Gasteiger partial charge in [0, 0.05) is 13.0 Å². The predicted molar refractivity (Wildman–Crippen MR) is 82.3 cm³/mol. The van der Waals surface area contributed by atoms with Crippen molar-refractivity contribution in [1.29, 1.82) is 0 Å². The zero-order chi connectivity index (χ0) is 17.2. The molecule has 1 aliphatic heterocycles. The van der Waals surface area contributed by atoms with Gasteiger partial charge in [-0.15, -0.1) is 0 Å². The maximum Gasteiger partial charge on any atom is 0.198 e. The molecule has 1 saturated heterocycles. The molecular weight excluding hydrogens is 288 g/mol. The summed E-state index contributed by atoms with van der Waals surface area (Å²) in [7, 11) is 0. The maximum atomic E-state index is 11.3. The SMILES string of the molecule is CCOC[C@H]1O[C@@](O)(CC)[C@](O)(CC)[C@](O)(CC)[C@@]1(O)CC. The molecule has 0 unspecified atom stereocenters. The van der Waals surface area contributed by atoms with Gasteiger partial charge in [0.2, 0.25) is 0 Å². The lowest BCUT2D eigenvalue weighted by molar-refractivity contribution is -0.443. The molecular formula is C16H32O6. The van der Waals surface area contributed by atoms with Gasteiger partial charge in [-0.2, -0.15) is 0 Å². The van der Waals surface area contributed by atoms with E-state index in [0.29, 0.717) is 6.61 Å². The summed E-state index contributed by atoms with van der Waals surface area (Å²) in [5.41, 5.74) is -5.60. The second-order valence-electron chi connectivity index (χ2n) is 6.11. The van der Waals surface area contributed by atoms with Crippen molar-refractivity contribution < 1.29 is 29.9 Å². The summed E-state index contributed by atoms with van der Waals surface area (Å²) in [6.07, 6.45) is -0.556. The molecule has 5 atom stereocenters. The Balaban J connectivity index is 3.47. The smallest absolute Gasteiger partial charge is 0.198 e. The van der Waals surface area contributed by atoms with Crippen molar-refractivity contribution in [3.63, 3.8) is 0 Å². The quantitative estimate of drug-likeness (QED) is 0.557. The summed E-state index contributed by atoms with van der Waals surface area (Å²) in [5, 5.41) is 44.4. The lowest BCUT2D eigenvalue weighted by atomic mass is 9.59. The lowest BCUT2D eigenvalue weighted by Gasteiger charge is -2.63. The zero-order valence-electron chi connectivity index (χ0n) is 14.4. The second-order valence-corrected chi connectivity index (χ2v) is 6.11. The van der Waals surface area contributed by atoms with Gasteiger partial charge in [-0.05, 0) is 26.2 Å². The Morgan fingerprint density at radius 1 is 0.818 bits per heavy atom. The number of aliphatic hydroxyl groups is 4. The molecule has 0 radical (unpaired) electrons. The second kappa shape index (κ2) is 6.71. The van der Waals surface area contributed by atoms with Gasteiger partial charge in [0.15, 0.2) is 5.79 Å². The first-order valence-corrected chi connectivity index (χ1v) is 8.31. The minimum atomic E-state index is -1.98. The molecule has 1 fully saturated rings. The maximum absolute atomic E-state index is 11.3. The van der Waals surface area contributed by atoms with E-state index in [1.807, 2.05) is 6.92 Å². The Bertz CT molecular complexity index is 378. The largest absolute Gasteiger partial charge is 0.384 e. The Kier molecular flexibility index (Phi) is 6.04. The highest BCUT2D eigenvalue weighted by molar-refractivity contribution is 5.21. The standard InChI is InChI=1S/C16H32O6/c1-6-13(17)12(11-21-10-5)22-16(20,9-4)15(19,8-3)14(13,18)7-2/h12,17-20H,6-11H2,1-5H3/t12-,13-,14+,15+,16+/m1/s1. The molecule has 22 heavy (non-hydrogen) atoms. The minimum Gasteiger partial charge on any atom is -0.384 e. The van der Waals surface area contributed by atoms with Gasteiger partial charge in [-0.1, -0.05) is 27.7 Å². The van der Waals surface area contributed by atoms with Gasteiger partial charge in [0.25, 0.3) is 0 Å². The van der Waals surface area contributed by atoms with E-state index >= 15 is 0 Å². The van der Waals surface area contributed by atoms with E-state index < -0.39 is 28.7 Å². The summed E-state index contributed by atoms with van der Waals surface area (Å²) >= 11 is 0. The first-order chi connectivity index (χ1) is 10.2. The molecule has 0 aliphatic carbocycles. The Labute approximate surface area is 133 Å². The minimum absolute atomic E-state index is 0.0330. The van der Waals surface area contributed by atoms with Crippen molar-refractivity contribution in [3.8, 4) is 0 Å². The topological polar surface area (TPSA) is 99.4 Å². The molecule has 0 saturated carbocycles. The summed E-state index contributed by atoms with van der Waals surface area (Å²) in [4.78, 5) is 0. The fraction of sp³-hybridized carbons (Fsp3) is 1.00. The van der Waals surface area contributed by atoms with Crippen LogP contribution < -0.4 is 0 Å². The Hall–Kier alpha value is -0.240. The van der Waals surface area contributed by atoms with Crippen LogP contribution >= 0.6 is 0 Å². The van der Waals surface area contributed by atoms with E-state index in [2.05, 4.69) is 0 Å². The summed E-state index contributed by atoms with van der Waals surface area (Å²) in [5.74, 6) is -1.95. The van der Waals surface area contributed by atoms with Crippen molar-refractivity contribution in [1.82, 2.24) is 0 Å². The van der Waals surface area contributed by atoms with Crippen LogP contribution in [0.3, 0.4) is 0 Å². The highest BCUT2D eigenvalue weighted by Crippen LogP contribution is 2.53. The third-order valence-corrected chi connectivity index (χ3v) is 5.43. The van der Waals surface area contributed by atoms with E-state index in [0.717, 1.165) is 0 Å². The van der Waals surface area contributed by atoms with Crippen LogP contribution in [0.4, 0.5) is 0 Å². The van der Waals surface area contributed by atoms with Crippen molar-refractivity contribution in [3.05, 3.63) is 0 Å². The summed E-state index contributed by atoms with van der Waals surface area (Å²) in [6.45, 7) is 9.00. The van der Waals surface area contributed by atoms with Crippen LogP contribution in [0.1, 0.15) is 60.3 Å². The average molecular weight is 320 g/mol. The fourth-order valence-corrected chi connectivity index (χ4v) is 3.84. The van der Waals surface area contributed by atoms with E-state index in [9.17, 15) is 20.4 Å². The van der Waals surface area contributed by atoms with E-state index in [1.165, 1.54) is 0 Å². The highest BCUT2D eigenvalue weighted by atomic mass is 16.7. The summed E-state index contributed by atoms with van der Waals surface area (Å²) < 4.78 is 11.1. The predicted octanol–water partition coefficient (Wildman–Crippen LogP) is 0.944. The average Bonchev–Trinajstić information content (AvgIpc) is 2.54. The van der Waals surface area contributed by atoms with Crippen LogP contribution in [0.5, 0.6) is 0 Å². The van der Waals surface area contributed by atoms with Gasteiger partial charge in [0.1, 0.15) is 22.9 Å². The van der Waals surface area contributed by atoms with Gasteiger partial charge in [-0.3, -0.25) is 0 Å². The van der Waals surface area contributed by atoms with Crippen molar-refractivity contribution >= 4 is 0 Å². The van der Waals surface area contributed by atoms with Crippen molar-refractivity contribution in [2.24, 2.45) is 0 Å². The number of rotatable bonds is 7. The van der Waals surface area contributed by atoms with E-state index in [4.69, 9.17) is 9.47 Å². The van der Waals surface area contributed by atoms with Crippen molar-refractivity contribution in [2.75, 3.05) is 13.2 Å². The first-order valence-electron chi connectivity index (χ1n) is 8.31. The third-order valence-electron chi connectivity index (χ3n) is 5.43. The van der Waals surface area contributed by atoms with Crippen LogP contribution in [0.2, 0.25) is 0 Å². The number of hydrogen-bond acceptors (Lipinski definition) is 6. The Morgan fingerprint density at radius 3 is 1.73 bits per heavy atom. The van der Waals surface area contributed by atoms with Crippen LogP contribution in [0.25, 0.3) is 0 Å². The van der Waals surface area contributed by atoms with Gasteiger partial charge in [-0.25, -0.2) is 0 Å². The molecule has 132 valence electrons. The molecule has 0 aromatic rings. The molecule has 6 heteroatoms. The zero-order valence-corrected chi connectivity index (χ0v) is 14.4. The van der Waals surface area contributed by atoms with Gasteiger partial charge >= 0.3 is 0 Å². The number of hydrogen-bond donors (Lipinski definition) is 4. The molecule has 0 spiro atoms. The third kappa shape index (κ3) is 2.41. The molecule has 1 aliphatic rings. The summed E-state index contributed by atoms with van der Waals surface area (Å²) in [6, 6.07) is 0. The van der Waals surface area contributed by atoms with Crippen molar-refractivity contribution in [2.45, 2.75) is 89.0 Å².